The van der Waals surface area contributed by atoms with E-state index < -0.39 is 6.23 Å². The van der Waals surface area contributed by atoms with Crippen LogP contribution in [0.3, 0.4) is 0 Å². The molecule has 0 radical (unpaired) electrons. The molecule has 5 N–H and O–H groups in total. The molecule has 0 saturated heterocycles. The Balaban J connectivity index is 1.88. The molecule has 0 bridgehead atoms. The predicted octanol–water partition coefficient (Wildman–Crippen LogP) is 1.71. The molecule has 1 aliphatic heterocycles. The molecule has 19 heavy (non-hydrogen) atoms. The van der Waals surface area contributed by atoms with Crippen LogP contribution in [-0.2, 0) is 9.53 Å². The van der Waals surface area contributed by atoms with Crippen LogP contribution in [0.25, 0.3) is 0 Å². The Labute approximate surface area is 112 Å². The van der Waals surface area contributed by atoms with E-state index in [4.69, 9.17) is 20.9 Å². The second kappa shape index (κ2) is 5.69. The topological polar surface area (TPSA) is 99.6 Å². The Kier molecular flexibility index (Phi) is 3.99. The van der Waals surface area contributed by atoms with Gasteiger partial charge in [0.2, 0.25) is 0 Å². The fraction of sp³-hybridized carbons (Fsp3) is 0.462. The van der Waals surface area contributed by atoms with Crippen LogP contribution in [0.1, 0.15) is 26.2 Å². The van der Waals surface area contributed by atoms with Gasteiger partial charge in [0.25, 0.3) is 0 Å². The first-order valence-electron chi connectivity index (χ1n) is 6.38. The number of esters is 1. The van der Waals surface area contributed by atoms with Gasteiger partial charge in [-0.2, -0.15) is 0 Å². The highest BCUT2D eigenvalue weighted by Crippen LogP contribution is 2.37. The van der Waals surface area contributed by atoms with Crippen molar-refractivity contribution in [2.24, 2.45) is 0 Å². The third-order valence-corrected chi connectivity index (χ3v) is 2.88. The molecule has 6 heteroatoms. The van der Waals surface area contributed by atoms with E-state index in [9.17, 15) is 4.79 Å². The molecule has 0 fully saturated rings. The molecule has 1 aliphatic rings. The number of unbranched alkanes of at least 4 members (excludes halogenated alkanes) is 1. The number of carbonyl (C=O) groups excluding carboxylic acids is 1. The molecule has 2 rings (SSSR count). The van der Waals surface area contributed by atoms with Crippen LogP contribution >= 0.6 is 0 Å². The number of anilines is 3. The van der Waals surface area contributed by atoms with Gasteiger partial charge in [-0.05, 0) is 12.5 Å². The smallest absolute Gasteiger partial charge is 0.311 e. The molecule has 1 aromatic carbocycles. The number of carbonyl (C=O) groups is 1. The molecule has 0 amide bonds. The van der Waals surface area contributed by atoms with Crippen molar-refractivity contribution in [3.63, 3.8) is 0 Å². The van der Waals surface area contributed by atoms with Gasteiger partial charge < -0.3 is 26.3 Å². The van der Waals surface area contributed by atoms with Gasteiger partial charge in [0.1, 0.15) is 12.2 Å². The number of nitrogens with one attached hydrogen (secondary N) is 1. The van der Waals surface area contributed by atoms with Crippen LogP contribution in [0.15, 0.2) is 12.1 Å². The van der Waals surface area contributed by atoms with Crippen molar-refractivity contribution in [2.45, 2.75) is 32.4 Å². The van der Waals surface area contributed by atoms with Gasteiger partial charge in [-0.25, -0.2) is 0 Å². The quantitative estimate of drug-likeness (QED) is 0.426. The molecule has 0 aromatic heterocycles. The third-order valence-electron chi connectivity index (χ3n) is 2.88. The Hall–Kier alpha value is -2.11. The molecule has 1 aromatic rings. The Bertz CT molecular complexity index is 445. The van der Waals surface area contributed by atoms with E-state index >= 15 is 0 Å². The Morgan fingerprint density at radius 2 is 2.16 bits per heavy atom. The van der Waals surface area contributed by atoms with E-state index in [0.717, 1.165) is 18.5 Å². The lowest BCUT2D eigenvalue weighted by atomic mass is 10.2. The molecule has 1 unspecified atom stereocenters. The lowest BCUT2D eigenvalue weighted by molar-refractivity contribution is -0.145. The molecule has 104 valence electrons. The second-order valence-electron chi connectivity index (χ2n) is 4.51. The summed E-state index contributed by atoms with van der Waals surface area (Å²) in [4.78, 5) is 11.6. The van der Waals surface area contributed by atoms with E-state index in [-0.39, 0.29) is 12.4 Å². The van der Waals surface area contributed by atoms with Gasteiger partial charge >= 0.3 is 5.97 Å². The molecule has 0 aliphatic carbocycles. The van der Waals surface area contributed by atoms with Gasteiger partial charge in [0, 0.05) is 6.07 Å². The highest BCUT2D eigenvalue weighted by atomic mass is 16.5. The monoisotopic (exact) mass is 265 g/mol. The number of benzene rings is 1. The Morgan fingerprint density at radius 1 is 1.42 bits per heavy atom. The lowest BCUT2D eigenvalue weighted by Gasteiger charge is -2.10. The van der Waals surface area contributed by atoms with E-state index in [0.29, 0.717) is 23.7 Å². The SMILES string of the molecule is CCCCOC(=O)CC1Nc2cc(N)c(N)cc2O1. The predicted molar refractivity (Wildman–Crippen MR) is 73.8 cm³/mol. The summed E-state index contributed by atoms with van der Waals surface area (Å²) in [5.41, 5.74) is 13.1. The zero-order chi connectivity index (χ0) is 13.8. The summed E-state index contributed by atoms with van der Waals surface area (Å²) in [6.45, 7) is 2.50. The van der Waals surface area contributed by atoms with Gasteiger partial charge in [-0.3, -0.25) is 4.79 Å². The first kappa shape index (κ1) is 13.3. The minimum atomic E-state index is -0.426. The average molecular weight is 265 g/mol. The van der Waals surface area contributed by atoms with E-state index in [1.165, 1.54) is 0 Å². The minimum Gasteiger partial charge on any atom is -0.468 e. The number of nitrogens with two attached hydrogens (primary N) is 2. The van der Waals surface area contributed by atoms with Crippen LogP contribution in [0.5, 0.6) is 5.75 Å². The van der Waals surface area contributed by atoms with Crippen LogP contribution in [0.2, 0.25) is 0 Å². The minimum absolute atomic E-state index is 0.151. The summed E-state index contributed by atoms with van der Waals surface area (Å²) in [6.07, 6.45) is 1.59. The largest absolute Gasteiger partial charge is 0.468 e. The summed E-state index contributed by atoms with van der Waals surface area (Å²) in [6, 6.07) is 3.35. The van der Waals surface area contributed by atoms with Crippen molar-refractivity contribution in [3.8, 4) is 5.75 Å². The first-order valence-corrected chi connectivity index (χ1v) is 6.38. The van der Waals surface area contributed by atoms with Crippen molar-refractivity contribution in [2.75, 3.05) is 23.4 Å². The van der Waals surface area contributed by atoms with Crippen molar-refractivity contribution in [1.82, 2.24) is 0 Å². The zero-order valence-corrected chi connectivity index (χ0v) is 10.9. The summed E-state index contributed by atoms with van der Waals surface area (Å²) in [7, 11) is 0. The molecule has 0 spiro atoms. The molecule has 6 nitrogen and oxygen atoms in total. The Morgan fingerprint density at radius 3 is 2.89 bits per heavy atom. The normalized spacial score (nSPS) is 16.4. The standard InChI is InChI=1S/C13H19N3O3/c1-2-3-4-18-13(17)7-12-16-10-5-8(14)9(15)6-11(10)19-12/h5-6,12,16H,2-4,7,14-15H2,1H3. The van der Waals surface area contributed by atoms with Crippen molar-refractivity contribution < 1.29 is 14.3 Å². The highest BCUT2D eigenvalue weighted by molar-refractivity contribution is 5.77. The van der Waals surface area contributed by atoms with Crippen LogP contribution in [0, 0.1) is 0 Å². The highest BCUT2D eigenvalue weighted by Gasteiger charge is 2.25. The van der Waals surface area contributed by atoms with Crippen molar-refractivity contribution in [1.29, 1.82) is 0 Å². The maximum absolute atomic E-state index is 11.6. The molecule has 0 saturated carbocycles. The molecule has 1 heterocycles. The maximum atomic E-state index is 11.6. The molecular weight excluding hydrogens is 246 g/mol. The number of fused-ring (bicyclic) bond motifs is 1. The van der Waals surface area contributed by atoms with E-state index in [1.807, 2.05) is 6.92 Å². The first-order chi connectivity index (χ1) is 9.10. The fourth-order valence-corrected chi connectivity index (χ4v) is 1.81. The average Bonchev–Trinajstić information content (AvgIpc) is 2.71. The summed E-state index contributed by atoms with van der Waals surface area (Å²) in [5, 5.41) is 3.07. The van der Waals surface area contributed by atoms with Crippen LogP contribution in [-0.4, -0.2) is 18.8 Å². The number of nitrogen functional groups attached to an aromatic ring is 2. The number of ether oxygens (including phenoxy) is 2. The van der Waals surface area contributed by atoms with Crippen LogP contribution < -0.4 is 21.5 Å². The molecular formula is C13H19N3O3. The number of hydrogen-bond donors (Lipinski definition) is 3. The van der Waals surface area contributed by atoms with E-state index in [1.54, 1.807) is 12.1 Å². The van der Waals surface area contributed by atoms with Gasteiger partial charge in [-0.15, -0.1) is 0 Å². The molecule has 1 atom stereocenters. The van der Waals surface area contributed by atoms with Gasteiger partial charge in [-0.1, -0.05) is 13.3 Å². The van der Waals surface area contributed by atoms with Gasteiger partial charge in [0.15, 0.2) is 6.23 Å². The zero-order valence-electron chi connectivity index (χ0n) is 10.9. The van der Waals surface area contributed by atoms with Crippen LogP contribution in [0.4, 0.5) is 17.1 Å². The number of rotatable bonds is 5. The maximum Gasteiger partial charge on any atom is 0.311 e. The second-order valence-corrected chi connectivity index (χ2v) is 4.51. The fourth-order valence-electron chi connectivity index (χ4n) is 1.81. The van der Waals surface area contributed by atoms with Crippen molar-refractivity contribution in [3.05, 3.63) is 12.1 Å². The summed E-state index contributed by atoms with van der Waals surface area (Å²) in [5.74, 6) is 0.331. The lowest BCUT2D eigenvalue weighted by Crippen LogP contribution is -2.25. The van der Waals surface area contributed by atoms with Gasteiger partial charge in [0.05, 0.1) is 23.7 Å². The summed E-state index contributed by atoms with van der Waals surface area (Å²) >= 11 is 0. The summed E-state index contributed by atoms with van der Waals surface area (Å²) < 4.78 is 10.7. The third kappa shape index (κ3) is 3.21. The van der Waals surface area contributed by atoms with E-state index in [2.05, 4.69) is 5.32 Å². The number of hydrogen-bond acceptors (Lipinski definition) is 6. The van der Waals surface area contributed by atoms with Crippen molar-refractivity contribution >= 4 is 23.0 Å².